The molecule has 0 saturated carbocycles. The molecule has 0 amide bonds. The molecule has 12 heavy (non-hydrogen) atoms. The van der Waals surface area contributed by atoms with E-state index in [2.05, 4.69) is 38.5 Å². The summed E-state index contributed by atoms with van der Waals surface area (Å²) in [5.74, 6) is 0.0556. The third-order valence-corrected chi connectivity index (χ3v) is 4.21. The van der Waals surface area contributed by atoms with Gasteiger partial charge in [0.1, 0.15) is 0 Å². The van der Waals surface area contributed by atoms with Crippen LogP contribution >= 0.6 is 38.5 Å². The lowest BCUT2D eigenvalue weighted by atomic mass is 10.1. The Hall–Kier alpha value is -0.100. The second-order valence-corrected chi connectivity index (χ2v) is 4.26. The molecule has 0 atom stereocenters. The van der Waals surface area contributed by atoms with E-state index in [1.165, 1.54) is 0 Å². The van der Waals surface area contributed by atoms with Gasteiger partial charge in [-0.05, 0) is 57.6 Å². The molecule has 1 aromatic carbocycles. The Kier molecular flexibility index (Phi) is 3.11. The highest BCUT2D eigenvalue weighted by molar-refractivity contribution is 14.1. The van der Waals surface area contributed by atoms with Crippen molar-refractivity contribution in [3.63, 3.8) is 0 Å². The molecule has 0 heterocycles. The molecule has 0 radical (unpaired) electrons. The summed E-state index contributed by atoms with van der Waals surface area (Å²) in [6, 6.07) is 3.47. The maximum Gasteiger partial charge on any atom is 0.160 e. The van der Waals surface area contributed by atoms with E-state index in [1.54, 1.807) is 19.1 Å². The summed E-state index contributed by atoms with van der Waals surface area (Å²) in [6.45, 7) is 1.54. The number of benzene rings is 1. The highest BCUT2D eigenvalue weighted by atomic mass is 127. The summed E-state index contributed by atoms with van der Waals surface area (Å²) in [5, 5.41) is 0. The summed E-state index contributed by atoms with van der Waals surface area (Å²) in [5.41, 5.74) is 6.99. The number of carbonyl (C=O) groups excluding carboxylic acids is 1. The average molecular weight is 340 g/mol. The molecule has 4 heteroatoms. The molecule has 1 rings (SSSR count). The van der Waals surface area contributed by atoms with Crippen molar-refractivity contribution < 1.29 is 4.79 Å². The Balaban J connectivity index is 3.36. The van der Waals surface area contributed by atoms with Crippen LogP contribution in [0.1, 0.15) is 17.3 Å². The van der Waals surface area contributed by atoms with E-state index in [0.717, 1.165) is 8.04 Å². The maximum atomic E-state index is 11.1. The molecule has 0 fully saturated rings. The van der Waals surface area contributed by atoms with Crippen LogP contribution in [0, 0.1) is 3.57 Å². The summed E-state index contributed by atoms with van der Waals surface area (Å²) in [7, 11) is 0. The molecule has 0 spiro atoms. The lowest BCUT2D eigenvalue weighted by Crippen LogP contribution is -1.99. The van der Waals surface area contributed by atoms with Crippen LogP contribution in [0.3, 0.4) is 0 Å². The van der Waals surface area contributed by atoms with Gasteiger partial charge in [0.15, 0.2) is 5.78 Å². The minimum atomic E-state index is 0.0556. The maximum absolute atomic E-state index is 11.1. The predicted octanol–water partition coefficient (Wildman–Crippen LogP) is 2.84. The van der Waals surface area contributed by atoms with Crippen LogP contribution in [-0.4, -0.2) is 5.78 Å². The Bertz CT molecular complexity index is 338. The van der Waals surface area contributed by atoms with Crippen molar-refractivity contribution in [2.24, 2.45) is 0 Å². The topological polar surface area (TPSA) is 43.1 Å². The van der Waals surface area contributed by atoms with Crippen molar-refractivity contribution >= 4 is 50.0 Å². The fourth-order valence-corrected chi connectivity index (χ4v) is 2.05. The van der Waals surface area contributed by atoms with Crippen LogP contribution in [0.25, 0.3) is 0 Å². The standard InChI is InChI=1S/C8H7BrINO/c1-4(12)5-2-3-6(11)7(9)8(5)10/h2-3H,11H2,1H3. The van der Waals surface area contributed by atoms with Crippen molar-refractivity contribution in [3.8, 4) is 0 Å². The van der Waals surface area contributed by atoms with Crippen molar-refractivity contribution in [3.05, 3.63) is 25.7 Å². The van der Waals surface area contributed by atoms with Gasteiger partial charge in [-0.3, -0.25) is 4.79 Å². The smallest absolute Gasteiger partial charge is 0.160 e. The van der Waals surface area contributed by atoms with E-state index in [4.69, 9.17) is 5.73 Å². The Labute approximate surface area is 92.8 Å². The lowest BCUT2D eigenvalue weighted by Gasteiger charge is -2.04. The first-order valence-electron chi connectivity index (χ1n) is 3.28. The molecular weight excluding hydrogens is 333 g/mol. The molecule has 0 aromatic heterocycles. The Morgan fingerprint density at radius 1 is 1.58 bits per heavy atom. The van der Waals surface area contributed by atoms with Crippen molar-refractivity contribution in [1.82, 2.24) is 0 Å². The van der Waals surface area contributed by atoms with E-state index < -0.39 is 0 Å². The van der Waals surface area contributed by atoms with Crippen molar-refractivity contribution in [2.75, 3.05) is 5.73 Å². The number of hydrogen-bond acceptors (Lipinski definition) is 2. The van der Waals surface area contributed by atoms with Gasteiger partial charge in [0.05, 0.1) is 4.47 Å². The van der Waals surface area contributed by atoms with Crippen molar-refractivity contribution in [1.29, 1.82) is 0 Å². The van der Waals surface area contributed by atoms with Gasteiger partial charge in [-0.2, -0.15) is 0 Å². The van der Waals surface area contributed by atoms with Crippen LogP contribution in [0.2, 0.25) is 0 Å². The van der Waals surface area contributed by atoms with E-state index in [-0.39, 0.29) is 5.78 Å². The molecular formula is C8H7BrINO. The SMILES string of the molecule is CC(=O)c1ccc(N)c(Br)c1I. The third kappa shape index (κ3) is 1.80. The minimum absolute atomic E-state index is 0.0556. The summed E-state index contributed by atoms with van der Waals surface area (Å²) in [6.07, 6.45) is 0. The van der Waals surface area contributed by atoms with Gasteiger partial charge in [0.2, 0.25) is 0 Å². The number of Topliss-reactive ketones (excluding diaryl/α,β-unsaturated/α-hetero) is 1. The monoisotopic (exact) mass is 339 g/mol. The Morgan fingerprint density at radius 3 is 2.67 bits per heavy atom. The first-order chi connectivity index (χ1) is 5.54. The molecule has 64 valence electrons. The van der Waals surface area contributed by atoms with Gasteiger partial charge < -0.3 is 5.73 Å². The normalized spacial score (nSPS) is 9.92. The van der Waals surface area contributed by atoms with E-state index in [1.807, 2.05) is 0 Å². The molecule has 0 aliphatic rings. The predicted molar refractivity (Wildman–Crippen MR) is 61.3 cm³/mol. The van der Waals surface area contributed by atoms with Gasteiger partial charge in [-0.15, -0.1) is 0 Å². The number of ketones is 1. The second-order valence-electron chi connectivity index (χ2n) is 2.39. The highest BCUT2D eigenvalue weighted by Crippen LogP contribution is 2.28. The number of nitrogens with two attached hydrogens (primary N) is 1. The molecule has 2 N–H and O–H groups in total. The third-order valence-electron chi connectivity index (χ3n) is 1.49. The van der Waals surface area contributed by atoms with E-state index in [0.29, 0.717) is 11.3 Å². The van der Waals surface area contributed by atoms with Crippen LogP contribution < -0.4 is 5.73 Å². The fraction of sp³-hybridized carbons (Fsp3) is 0.125. The highest BCUT2D eigenvalue weighted by Gasteiger charge is 2.09. The summed E-state index contributed by atoms with van der Waals surface area (Å²) in [4.78, 5) is 11.1. The number of carbonyl (C=O) groups is 1. The van der Waals surface area contributed by atoms with Gasteiger partial charge in [0.25, 0.3) is 0 Å². The van der Waals surface area contributed by atoms with Gasteiger partial charge in [0, 0.05) is 14.8 Å². The zero-order valence-corrected chi connectivity index (χ0v) is 10.1. The first kappa shape index (κ1) is 9.98. The largest absolute Gasteiger partial charge is 0.398 e. The summed E-state index contributed by atoms with van der Waals surface area (Å²) < 4.78 is 1.68. The lowest BCUT2D eigenvalue weighted by molar-refractivity contribution is 0.101. The van der Waals surface area contributed by atoms with Crippen LogP contribution in [0.15, 0.2) is 16.6 Å². The molecule has 0 bridgehead atoms. The average Bonchev–Trinajstić information content (AvgIpc) is 2.00. The molecule has 0 aliphatic heterocycles. The number of nitrogen functional groups attached to an aromatic ring is 1. The molecule has 0 saturated heterocycles. The molecule has 1 aromatic rings. The van der Waals surface area contributed by atoms with E-state index in [9.17, 15) is 4.79 Å². The van der Waals surface area contributed by atoms with Crippen LogP contribution in [0.4, 0.5) is 5.69 Å². The zero-order valence-electron chi connectivity index (χ0n) is 6.40. The number of halogens is 2. The van der Waals surface area contributed by atoms with Crippen LogP contribution in [-0.2, 0) is 0 Å². The number of hydrogen-bond donors (Lipinski definition) is 1. The quantitative estimate of drug-likeness (QED) is 0.485. The van der Waals surface area contributed by atoms with Crippen LogP contribution in [0.5, 0.6) is 0 Å². The van der Waals surface area contributed by atoms with Gasteiger partial charge in [-0.1, -0.05) is 0 Å². The van der Waals surface area contributed by atoms with Crippen molar-refractivity contribution in [2.45, 2.75) is 6.92 Å². The van der Waals surface area contributed by atoms with E-state index >= 15 is 0 Å². The fourth-order valence-electron chi connectivity index (χ4n) is 0.836. The first-order valence-corrected chi connectivity index (χ1v) is 5.15. The summed E-state index contributed by atoms with van der Waals surface area (Å²) >= 11 is 5.41. The molecule has 0 aliphatic carbocycles. The van der Waals surface area contributed by atoms with Gasteiger partial charge in [-0.25, -0.2) is 0 Å². The zero-order chi connectivity index (χ0) is 9.30. The Morgan fingerprint density at radius 2 is 2.17 bits per heavy atom. The second kappa shape index (κ2) is 3.74. The number of rotatable bonds is 1. The molecule has 2 nitrogen and oxygen atoms in total. The minimum Gasteiger partial charge on any atom is -0.398 e. The number of anilines is 1. The van der Waals surface area contributed by atoms with Gasteiger partial charge >= 0.3 is 0 Å². The molecule has 0 unspecified atom stereocenters.